The van der Waals surface area contributed by atoms with Gasteiger partial charge in [0.25, 0.3) is 8.96 Å². The molecule has 5 aromatic carbocycles. The Bertz CT molecular complexity index is 2260. The van der Waals surface area contributed by atoms with E-state index in [1.165, 1.54) is 0 Å². The number of methoxy groups -OCH3 is 2. The zero-order chi connectivity index (χ0) is 44.1. The molecule has 1 aliphatic carbocycles. The summed E-state index contributed by atoms with van der Waals surface area (Å²) in [6.45, 7) is 10.6. The lowest BCUT2D eigenvalue weighted by Crippen LogP contribution is -2.51. The van der Waals surface area contributed by atoms with Gasteiger partial charge >= 0.3 is 0 Å². The predicted molar refractivity (Wildman–Crippen MR) is 245 cm³/mol. The zero-order valence-electron chi connectivity index (χ0n) is 36.5. The molecule has 6 rings (SSSR count). The number of quaternary nitrogens is 1. The maximum absolute atomic E-state index is 14.2. The number of nitrogens with zero attached hydrogens (tertiary/aromatic N) is 2. The Morgan fingerprint density at radius 2 is 1.11 bits per heavy atom. The van der Waals surface area contributed by atoms with Crippen LogP contribution < -0.4 is 20.1 Å². The topological polar surface area (TPSA) is 128 Å². The van der Waals surface area contributed by atoms with Crippen molar-refractivity contribution in [3.8, 4) is 17.6 Å². The monoisotopic (exact) mass is 857 g/mol. The van der Waals surface area contributed by atoms with Crippen LogP contribution in [0.15, 0.2) is 115 Å². The molecule has 0 amide bonds. The van der Waals surface area contributed by atoms with E-state index in [-0.39, 0.29) is 32.6 Å². The third-order valence-corrected chi connectivity index (χ3v) is 13.0. The van der Waals surface area contributed by atoms with Crippen molar-refractivity contribution in [1.29, 1.82) is 5.26 Å². The molecule has 12 heteroatoms. The molecular weight excluding hydrogens is 800 g/mol. The molecule has 11 nitrogen and oxygen atoms in total. The van der Waals surface area contributed by atoms with E-state index in [2.05, 4.69) is 56.5 Å². The second kappa shape index (κ2) is 21.5. The van der Waals surface area contributed by atoms with E-state index in [4.69, 9.17) is 28.8 Å². The number of nitrogens with one attached hydrogen (secondary N) is 2. The molecule has 1 unspecified atom stereocenters. The number of carbonyl (C=O) groups excluding carboxylic acids is 2. The molecule has 62 heavy (non-hydrogen) atoms. The number of hydroxylamine groups is 2. The first-order valence-electron chi connectivity index (χ1n) is 21.2. The Morgan fingerprint density at radius 1 is 0.629 bits per heavy atom. The number of hydrogen-bond acceptors (Lipinski definition) is 10. The number of fused-ring (bicyclic) bond motifs is 2. The van der Waals surface area contributed by atoms with Gasteiger partial charge in [0.1, 0.15) is 35.8 Å². The minimum atomic E-state index is -0.947. The van der Waals surface area contributed by atoms with Gasteiger partial charge in [-0.15, -0.1) is 4.42 Å². The largest absolute Gasteiger partial charge is 0.497 e. The molecule has 324 valence electrons. The lowest BCUT2D eigenvalue weighted by Gasteiger charge is -2.40. The van der Waals surface area contributed by atoms with E-state index >= 15 is 0 Å². The van der Waals surface area contributed by atoms with Crippen LogP contribution >= 0.6 is 8.96 Å². The predicted octanol–water partition coefficient (Wildman–Crippen LogP) is 10.1. The second-order valence-electron chi connectivity index (χ2n) is 15.6. The van der Waals surface area contributed by atoms with E-state index in [0.29, 0.717) is 90.2 Å². The minimum absolute atomic E-state index is 0.0549. The summed E-state index contributed by atoms with van der Waals surface area (Å²) < 4.78 is 24.5. The maximum atomic E-state index is 14.2. The van der Waals surface area contributed by atoms with Crippen LogP contribution in [-0.4, -0.2) is 75.2 Å². The average molecular weight is 858 g/mol. The highest BCUT2D eigenvalue weighted by molar-refractivity contribution is 7.25. The number of ketones is 2. The Hall–Kier alpha value is -5.60. The number of carbonyl (C=O) groups is 2. The van der Waals surface area contributed by atoms with Crippen molar-refractivity contribution in [1.82, 2.24) is 0 Å². The standard InChI is InChI=1S/C50H57N4O7P/c1-35(2)54(36(3)4,60-33-12-29-51)62-61-34-14-31-53-45-20-11-18-43-47(45)49(56)42-17-10-19-44(46(42)48(43)55)52-30-13-32-59-50(37-15-8-7-9-16-37,38-21-25-40(57-5)26-22-38)39-23-27-41(58-6)28-24-39/h7-11,15-28,35-36,62H,12-14,30-34H2,1-6H3,(H-,52,53,55,56)/p+1. The van der Waals surface area contributed by atoms with Crippen LogP contribution in [0.4, 0.5) is 11.4 Å². The fourth-order valence-corrected chi connectivity index (χ4v) is 9.02. The third kappa shape index (κ3) is 9.86. The molecule has 0 saturated heterocycles. The second-order valence-corrected chi connectivity index (χ2v) is 16.8. The van der Waals surface area contributed by atoms with Crippen LogP contribution in [0.1, 0.15) is 95.5 Å². The van der Waals surface area contributed by atoms with E-state index in [9.17, 15) is 9.59 Å². The summed E-state index contributed by atoms with van der Waals surface area (Å²) in [5, 5.41) is 15.9. The third-order valence-electron chi connectivity index (χ3n) is 11.2. The van der Waals surface area contributed by atoms with Gasteiger partial charge in [-0.2, -0.15) is 10.1 Å². The van der Waals surface area contributed by atoms with Crippen molar-refractivity contribution in [3.05, 3.63) is 154 Å². The molecule has 0 saturated carbocycles. The van der Waals surface area contributed by atoms with Crippen LogP contribution in [0.3, 0.4) is 0 Å². The normalized spacial score (nSPS) is 12.7. The van der Waals surface area contributed by atoms with Crippen LogP contribution in [0, 0.1) is 11.3 Å². The van der Waals surface area contributed by atoms with Gasteiger partial charge in [0.15, 0.2) is 11.6 Å². The Labute approximate surface area is 367 Å². The first kappa shape index (κ1) is 45.9. The summed E-state index contributed by atoms with van der Waals surface area (Å²) in [6, 6.07) is 39.2. The van der Waals surface area contributed by atoms with Crippen molar-refractivity contribution in [2.75, 3.05) is 57.8 Å². The molecule has 0 radical (unpaired) electrons. The molecule has 2 N–H and O–H groups in total. The van der Waals surface area contributed by atoms with Gasteiger partial charge in [0.2, 0.25) is 0 Å². The van der Waals surface area contributed by atoms with Gasteiger partial charge in [-0.1, -0.05) is 78.9 Å². The van der Waals surface area contributed by atoms with Gasteiger partial charge < -0.3 is 29.4 Å². The van der Waals surface area contributed by atoms with Crippen molar-refractivity contribution < 1.29 is 37.6 Å². The number of rotatable bonds is 23. The van der Waals surface area contributed by atoms with E-state index in [0.717, 1.165) is 28.2 Å². The summed E-state index contributed by atoms with van der Waals surface area (Å²) in [5.41, 5.74) is 4.64. The number of anilines is 2. The highest BCUT2D eigenvalue weighted by Gasteiger charge is 2.40. The van der Waals surface area contributed by atoms with Crippen molar-refractivity contribution >= 4 is 31.9 Å². The smallest absolute Gasteiger partial charge is 0.273 e. The first-order chi connectivity index (χ1) is 30.1. The lowest BCUT2D eigenvalue weighted by molar-refractivity contribution is -1.04. The molecule has 1 aliphatic rings. The Kier molecular flexibility index (Phi) is 15.9. The Morgan fingerprint density at radius 3 is 1.58 bits per heavy atom. The van der Waals surface area contributed by atoms with Gasteiger partial charge in [0, 0.05) is 35.6 Å². The molecule has 0 bridgehead atoms. The molecule has 0 aliphatic heterocycles. The highest BCUT2D eigenvalue weighted by atomic mass is 31.1. The van der Waals surface area contributed by atoms with E-state index in [1.54, 1.807) is 26.4 Å². The molecule has 1 atom stereocenters. The highest BCUT2D eigenvalue weighted by Crippen LogP contribution is 2.42. The van der Waals surface area contributed by atoms with Crippen molar-refractivity contribution in [2.24, 2.45) is 0 Å². The molecule has 0 fully saturated rings. The molecule has 0 heterocycles. The summed E-state index contributed by atoms with van der Waals surface area (Å²) in [5.74, 6) is 1.10. The molecule has 5 aromatic rings. The van der Waals surface area contributed by atoms with Gasteiger partial charge in [-0.25, -0.2) is 0 Å². The van der Waals surface area contributed by atoms with Crippen LogP contribution in [0.5, 0.6) is 11.5 Å². The molecular formula is C50H58N4O7P+. The fourth-order valence-electron chi connectivity index (χ4n) is 8.02. The number of hydrogen-bond donors (Lipinski definition) is 2. The van der Waals surface area contributed by atoms with Gasteiger partial charge in [0.05, 0.1) is 51.1 Å². The molecule has 0 spiro atoms. The van der Waals surface area contributed by atoms with E-state index in [1.807, 2.05) is 91.0 Å². The Balaban J connectivity index is 1.12. The summed E-state index contributed by atoms with van der Waals surface area (Å²) in [7, 11) is 3.35. The van der Waals surface area contributed by atoms with E-state index < -0.39 is 5.60 Å². The van der Waals surface area contributed by atoms with Crippen molar-refractivity contribution in [3.63, 3.8) is 0 Å². The summed E-state index contributed by atoms with van der Waals surface area (Å²) >= 11 is 0. The minimum Gasteiger partial charge on any atom is -0.497 e. The fraction of sp³-hybridized carbons (Fsp3) is 0.340. The molecule has 0 aromatic heterocycles. The maximum Gasteiger partial charge on any atom is 0.273 e. The van der Waals surface area contributed by atoms with Crippen LogP contribution in [-0.2, 0) is 19.7 Å². The summed E-state index contributed by atoms with van der Waals surface area (Å²) in [6.07, 6.45) is 1.60. The first-order valence-corrected chi connectivity index (χ1v) is 22.1. The van der Waals surface area contributed by atoms with Gasteiger partial charge in [-0.05, 0) is 93.6 Å². The van der Waals surface area contributed by atoms with Gasteiger partial charge in [-0.3, -0.25) is 9.59 Å². The average Bonchev–Trinajstić information content (AvgIpc) is 3.30. The number of nitriles is 1. The van der Waals surface area contributed by atoms with Crippen molar-refractivity contribution in [2.45, 2.75) is 64.6 Å². The number of benzene rings is 5. The summed E-state index contributed by atoms with van der Waals surface area (Å²) in [4.78, 5) is 34.6. The quantitative estimate of drug-likeness (QED) is 0.0278. The number of ether oxygens (including phenoxy) is 3. The van der Waals surface area contributed by atoms with Crippen LogP contribution in [0.2, 0.25) is 0 Å². The van der Waals surface area contributed by atoms with Crippen LogP contribution in [0.25, 0.3) is 0 Å². The lowest BCUT2D eigenvalue weighted by atomic mass is 9.80. The zero-order valence-corrected chi connectivity index (χ0v) is 37.5. The SMILES string of the molecule is COc1ccc(C(OCCCNc2cccc3c2C(=O)c2cccc(NCCCOP[N+](OCCC#N)(C(C)C)C(C)C)c2C3=O)(c2ccccc2)c2ccc(OC)cc2)cc1.